The fourth-order valence-corrected chi connectivity index (χ4v) is 3.97. The highest BCUT2D eigenvalue weighted by Crippen LogP contribution is 2.28. The Morgan fingerprint density at radius 1 is 1.06 bits per heavy atom. The number of ether oxygens (including phenoxy) is 2. The molecule has 0 saturated carbocycles. The Bertz CT molecular complexity index is 1370. The molecule has 4 aromatic rings. The molecule has 1 N–H and O–H groups in total. The van der Waals surface area contributed by atoms with Gasteiger partial charge in [-0.2, -0.15) is 10.1 Å². The molecule has 2 aromatic heterocycles. The Labute approximate surface area is 207 Å². The molecule has 1 aliphatic rings. The van der Waals surface area contributed by atoms with E-state index in [1.807, 2.05) is 18.2 Å². The Balaban J connectivity index is 1.21. The van der Waals surface area contributed by atoms with Crippen molar-refractivity contribution >= 4 is 23.2 Å². The van der Waals surface area contributed by atoms with Gasteiger partial charge >= 0.3 is 0 Å². The number of aryl methyl sites for hydroxylation is 1. The number of hydrogen-bond donors (Lipinski definition) is 1. The van der Waals surface area contributed by atoms with Crippen LogP contribution in [0.2, 0.25) is 0 Å². The third-order valence-corrected chi connectivity index (χ3v) is 5.76. The topological polar surface area (TPSA) is 111 Å². The second kappa shape index (κ2) is 9.87. The van der Waals surface area contributed by atoms with Gasteiger partial charge in [0.1, 0.15) is 17.3 Å². The average Bonchev–Trinajstić information content (AvgIpc) is 3.55. The first kappa shape index (κ1) is 23.0. The molecule has 10 nitrogen and oxygen atoms in total. The van der Waals surface area contributed by atoms with Gasteiger partial charge in [-0.25, -0.2) is 9.67 Å². The molecule has 1 saturated heterocycles. The van der Waals surface area contributed by atoms with Crippen LogP contribution in [0.5, 0.6) is 17.4 Å². The zero-order chi connectivity index (χ0) is 25.1. The molecule has 1 atom stereocenters. The smallest absolute Gasteiger partial charge is 0.229 e. The molecular weight excluding hydrogens is 460 g/mol. The van der Waals surface area contributed by atoms with Crippen LogP contribution in [0.25, 0.3) is 5.82 Å². The largest absolute Gasteiger partial charge is 0.497 e. The Hall–Kier alpha value is -4.73. The van der Waals surface area contributed by atoms with E-state index in [9.17, 15) is 9.59 Å². The number of carbonyl (C=O) groups excluding carboxylic acids is 2. The van der Waals surface area contributed by atoms with E-state index < -0.39 is 5.92 Å². The lowest BCUT2D eigenvalue weighted by Gasteiger charge is -2.17. The van der Waals surface area contributed by atoms with Gasteiger partial charge in [0.25, 0.3) is 0 Å². The highest BCUT2D eigenvalue weighted by atomic mass is 16.5. The molecule has 0 aliphatic carbocycles. The first-order chi connectivity index (χ1) is 17.5. The maximum Gasteiger partial charge on any atom is 0.229 e. The van der Waals surface area contributed by atoms with Crippen molar-refractivity contribution in [1.82, 2.24) is 19.7 Å². The van der Waals surface area contributed by atoms with Crippen molar-refractivity contribution in [1.29, 1.82) is 0 Å². The lowest BCUT2D eigenvalue weighted by Crippen LogP contribution is -2.28. The summed E-state index contributed by atoms with van der Waals surface area (Å²) < 4.78 is 12.7. The lowest BCUT2D eigenvalue weighted by atomic mass is 10.1. The van der Waals surface area contributed by atoms with E-state index in [1.165, 1.54) is 0 Å². The van der Waals surface area contributed by atoms with Crippen LogP contribution in [0.4, 0.5) is 11.4 Å². The number of rotatable bonds is 7. The van der Waals surface area contributed by atoms with Crippen molar-refractivity contribution in [2.24, 2.45) is 5.92 Å². The summed E-state index contributed by atoms with van der Waals surface area (Å²) in [5, 5.41) is 7.07. The summed E-state index contributed by atoms with van der Waals surface area (Å²) in [6.07, 6.45) is 3.62. The molecule has 182 valence electrons. The third kappa shape index (κ3) is 5.02. The van der Waals surface area contributed by atoms with Gasteiger partial charge in [-0.15, -0.1) is 0 Å². The standard InChI is InChI=1S/C26H24N6O4/c1-17-28-23(32-13-3-12-27-32)15-24(29-17)36-22-8-4-19(5-9-22)30-26(34)18-14-25(33)31(16-18)20-6-10-21(35-2)11-7-20/h3-13,15,18H,14,16H2,1-2H3,(H,30,34). The highest BCUT2D eigenvalue weighted by Gasteiger charge is 2.35. The Kier molecular flexibility index (Phi) is 6.31. The number of amides is 2. The van der Waals surface area contributed by atoms with E-state index in [1.54, 1.807) is 78.5 Å². The van der Waals surface area contributed by atoms with E-state index in [-0.39, 0.29) is 18.2 Å². The quantitative estimate of drug-likeness (QED) is 0.425. The minimum atomic E-state index is -0.444. The highest BCUT2D eigenvalue weighted by molar-refractivity contribution is 6.03. The summed E-state index contributed by atoms with van der Waals surface area (Å²) in [4.78, 5) is 35.7. The van der Waals surface area contributed by atoms with Crippen molar-refractivity contribution in [3.8, 4) is 23.2 Å². The zero-order valence-corrected chi connectivity index (χ0v) is 19.8. The van der Waals surface area contributed by atoms with E-state index >= 15 is 0 Å². The number of benzene rings is 2. The molecule has 0 radical (unpaired) electrons. The molecule has 1 unspecified atom stereocenters. The number of nitrogens with one attached hydrogen (secondary N) is 1. The van der Waals surface area contributed by atoms with Crippen LogP contribution in [-0.2, 0) is 9.59 Å². The van der Waals surface area contributed by atoms with Gasteiger partial charge < -0.3 is 19.7 Å². The fraction of sp³-hybridized carbons (Fsp3) is 0.192. The number of aromatic nitrogens is 4. The van der Waals surface area contributed by atoms with Gasteiger partial charge in [-0.3, -0.25) is 9.59 Å². The van der Waals surface area contributed by atoms with E-state index in [0.29, 0.717) is 41.3 Å². The van der Waals surface area contributed by atoms with Crippen LogP contribution in [-0.4, -0.2) is 45.2 Å². The molecule has 1 aliphatic heterocycles. The minimum absolute atomic E-state index is 0.0845. The van der Waals surface area contributed by atoms with Gasteiger partial charge in [0.05, 0.1) is 13.0 Å². The van der Waals surface area contributed by atoms with Crippen molar-refractivity contribution < 1.29 is 19.1 Å². The van der Waals surface area contributed by atoms with Crippen LogP contribution in [0.3, 0.4) is 0 Å². The Morgan fingerprint density at radius 2 is 1.81 bits per heavy atom. The van der Waals surface area contributed by atoms with Crippen LogP contribution >= 0.6 is 0 Å². The van der Waals surface area contributed by atoms with Gasteiger partial charge in [0.2, 0.25) is 17.7 Å². The van der Waals surface area contributed by atoms with Gasteiger partial charge in [0.15, 0.2) is 5.82 Å². The van der Waals surface area contributed by atoms with Gasteiger partial charge in [-0.1, -0.05) is 0 Å². The predicted octanol–water partition coefficient (Wildman–Crippen LogP) is 3.76. The lowest BCUT2D eigenvalue weighted by molar-refractivity contribution is -0.122. The van der Waals surface area contributed by atoms with Crippen LogP contribution in [0.1, 0.15) is 12.2 Å². The SMILES string of the molecule is COc1ccc(N2CC(C(=O)Nc3ccc(Oc4cc(-n5cccn5)nc(C)n4)cc3)CC2=O)cc1. The van der Waals surface area contributed by atoms with Gasteiger partial charge in [-0.05, 0) is 61.5 Å². The van der Waals surface area contributed by atoms with Crippen LogP contribution < -0.4 is 19.7 Å². The van der Waals surface area contributed by atoms with Gasteiger partial charge in [0, 0.05) is 42.8 Å². The average molecular weight is 485 g/mol. The molecule has 3 heterocycles. The van der Waals surface area contributed by atoms with Crippen molar-refractivity contribution in [2.75, 3.05) is 23.9 Å². The maximum atomic E-state index is 12.8. The molecule has 0 bridgehead atoms. The fourth-order valence-electron chi connectivity index (χ4n) is 3.97. The summed E-state index contributed by atoms with van der Waals surface area (Å²) in [5.41, 5.74) is 1.35. The zero-order valence-electron chi connectivity index (χ0n) is 19.8. The van der Waals surface area contributed by atoms with Crippen molar-refractivity contribution in [3.63, 3.8) is 0 Å². The predicted molar refractivity (Wildman–Crippen MR) is 132 cm³/mol. The van der Waals surface area contributed by atoms with Crippen LogP contribution in [0, 0.1) is 12.8 Å². The normalized spacial score (nSPS) is 15.1. The Morgan fingerprint density at radius 3 is 2.50 bits per heavy atom. The maximum absolute atomic E-state index is 12.8. The summed E-state index contributed by atoms with van der Waals surface area (Å²) in [6.45, 7) is 2.10. The molecule has 0 spiro atoms. The second-order valence-electron chi connectivity index (χ2n) is 8.28. The summed E-state index contributed by atoms with van der Waals surface area (Å²) in [5.74, 6) is 2.06. The molecule has 5 rings (SSSR count). The molecule has 36 heavy (non-hydrogen) atoms. The molecule has 1 fully saturated rings. The van der Waals surface area contributed by atoms with Crippen molar-refractivity contribution in [3.05, 3.63) is 78.9 Å². The molecule has 2 amide bonds. The summed E-state index contributed by atoms with van der Waals surface area (Å²) in [7, 11) is 1.59. The number of hydrogen-bond acceptors (Lipinski definition) is 7. The second-order valence-corrected chi connectivity index (χ2v) is 8.28. The molecular formula is C26H24N6O4. The molecule has 2 aromatic carbocycles. The van der Waals surface area contributed by atoms with E-state index in [4.69, 9.17) is 9.47 Å². The van der Waals surface area contributed by atoms with Crippen LogP contribution in [0.15, 0.2) is 73.1 Å². The van der Waals surface area contributed by atoms with E-state index in [2.05, 4.69) is 20.4 Å². The van der Waals surface area contributed by atoms with E-state index in [0.717, 1.165) is 5.69 Å². The third-order valence-electron chi connectivity index (χ3n) is 5.76. The number of anilines is 2. The first-order valence-corrected chi connectivity index (χ1v) is 11.4. The first-order valence-electron chi connectivity index (χ1n) is 11.4. The number of nitrogens with zero attached hydrogens (tertiary/aromatic N) is 5. The minimum Gasteiger partial charge on any atom is -0.497 e. The molecule has 10 heteroatoms. The number of methoxy groups -OCH3 is 1. The summed E-state index contributed by atoms with van der Waals surface area (Å²) >= 11 is 0. The number of carbonyl (C=O) groups is 2. The monoisotopic (exact) mass is 484 g/mol. The summed E-state index contributed by atoms with van der Waals surface area (Å²) in [6, 6.07) is 17.7. The van der Waals surface area contributed by atoms with Crippen molar-refractivity contribution in [2.45, 2.75) is 13.3 Å².